The van der Waals surface area contributed by atoms with Crippen molar-refractivity contribution < 1.29 is 33.8 Å². The van der Waals surface area contributed by atoms with Crippen LogP contribution < -0.4 is 20.8 Å². The SMILES string of the molecule is CNC(=O)COc1ccc(C(=O)N(N[C@@H](C)C(=O)O)C(=O)[C@@H]2CCCN(C(=O)CCC3CCNCC3)C2)cc1. The number of carbonyl (C=O) groups is 5. The van der Waals surface area contributed by atoms with Crippen molar-refractivity contribution in [1.82, 2.24) is 26.0 Å². The Morgan fingerprint density at radius 3 is 2.46 bits per heavy atom. The van der Waals surface area contributed by atoms with E-state index < -0.39 is 29.7 Å². The maximum absolute atomic E-state index is 13.6. The molecule has 12 heteroatoms. The normalized spacial score (nSPS) is 18.6. The molecule has 4 N–H and O–H groups in total. The van der Waals surface area contributed by atoms with Crippen LogP contribution in [0, 0.1) is 11.8 Å². The molecule has 12 nitrogen and oxygen atoms in total. The van der Waals surface area contributed by atoms with Gasteiger partial charge in [0.25, 0.3) is 11.8 Å². The number of carboxylic acids is 1. The first-order chi connectivity index (χ1) is 18.7. The van der Waals surface area contributed by atoms with Gasteiger partial charge < -0.3 is 25.4 Å². The Morgan fingerprint density at radius 1 is 1.13 bits per heavy atom. The van der Waals surface area contributed by atoms with E-state index in [0.29, 0.717) is 37.5 Å². The number of imide groups is 1. The molecule has 3 rings (SSSR count). The number of carboxylic acid groups (broad SMARTS) is 1. The Labute approximate surface area is 228 Å². The van der Waals surface area contributed by atoms with E-state index in [4.69, 9.17) is 4.74 Å². The van der Waals surface area contributed by atoms with E-state index in [9.17, 15) is 29.1 Å². The topological polar surface area (TPSA) is 157 Å². The van der Waals surface area contributed by atoms with Crippen LogP contribution in [0.2, 0.25) is 0 Å². The zero-order valence-corrected chi connectivity index (χ0v) is 22.6. The van der Waals surface area contributed by atoms with Crippen LogP contribution >= 0.6 is 0 Å². The van der Waals surface area contributed by atoms with Crippen LogP contribution in [-0.2, 0) is 19.2 Å². The number of ether oxygens (including phenoxy) is 1. The van der Waals surface area contributed by atoms with E-state index >= 15 is 0 Å². The summed E-state index contributed by atoms with van der Waals surface area (Å²) in [5, 5.41) is 15.9. The largest absolute Gasteiger partial charge is 0.484 e. The summed E-state index contributed by atoms with van der Waals surface area (Å²) in [5.41, 5.74) is 2.66. The number of aliphatic carboxylic acids is 1. The van der Waals surface area contributed by atoms with Crippen molar-refractivity contribution in [2.45, 2.75) is 51.5 Å². The smallest absolute Gasteiger partial charge is 0.322 e. The first-order valence-corrected chi connectivity index (χ1v) is 13.5. The number of hydrogen-bond acceptors (Lipinski definition) is 8. The highest BCUT2D eigenvalue weighted by Crippen LogP contribution is 2.23. The van der Waals surface area contributed by atoms with Crippen LogP contribution in [0.3, 0.4) is 0 Å². The van der Waals surface area contributed by atoms with E-state index in [1.807, 2.05) is 0 Å². The molecule has 0 spiro atoms. The molecule has 4 amide bonds. The van der Waals surface area contributed by atoms with Crippen LogP contribution in [-0.4, -0.2) is 90.5 Å². The fourth-order valence-corrected chi connectivity index (χ4v) is 4.76. The minimum absolute atomic E-state index is 0.00289. The van der Waals surface area contributed by atoms with Crippen molar-refractivity contribution in [1.29, 1.82) is 0 Å². The number of benzene rings is 1. The van der Waals surface area contributed by atoms with Crippen LogP contribution in [0.15, 0.2) is 24.3 Å². The number of likely N-dealkylation sites (tertiary alicyclic amines) is 1. The molecule has 2 aliphatic rings. The third-order valence-corrected chi connectivity index (χ3v) is 7.22. The van der Waals surface area contributed by atoms with Gasteiger partial charge >= 0.3 is 5.97 Å². The van der Waals surface area contributed by atoms with Gasteiger partial charge in [0, 0.05) is 32.1 Å². The van der Waals surface area contributed by atoms with Gasteiger partial charge in [0.2, 0.25) is 11.8 Å². The maximum atomic E-state index is 13.6. The number of hydrazine groups is 1. The minimum atomic E-state index is -1.23. The van der Waals surface area contributed by atoms with Crippen LogP contribution in [0.5, 0.6) is 5.75 Å². The molecule has 0 saturated carbocycles. The Balaban J connectivity index is 1.67. The van der Waals surface area contributed by atoms with Gasteiger partial charge in [-0.25, -0.2) is 10.4 Å². The fourth-order valence-electron chi connectivity index (χ4n) is 4.76. The lowest BCUT2D eigenvalue weighted by atomic mass is 9.92. The lowest BCUT2D eigenvalue weighted by Crippen LogP contribution is -2.56. The summed E-state index contributed by atoms with van der Waals surface area (Å²) in [7, 11) is 1.49. The van der Waals surface area contributed by atoms with Gasteiger partial charge in [-0.15, -0.1) is 0 Å². The van der Waals surface area contributed by atoms with Gasteiger partial charge in [0.05, 0.1) is 5.92 Å². The molecule has 2 atom stereocenters. The van der Waals surface area contributed by atoms with Crippen LogP contribution in [0.4, 0.5) is 0 Å². The van der Waals surface area contributed by atoms with E-state index in [2.05, 4.69) is 16.1 Å². The van der Waals surface area contributed by atoms with Gasteiger partial charge in [0.1, 0.15) is 11.8 Å². The summed E-state index contributed by atoms with van der Waals surface area (Å²) in [5.74, 6) is -2.61. The molecule has 0 unspecified atom stereocenters. The van der Waals surface area contributed by atoms with Gasteiger partial charge in [0.15, 0.2) is 6.61 Å². The van der Waals surface area contributed by atoms with E-state index in [-0.39, 0.29) is 30.5 Å². The molecule has 1 aromatic carbocycles. The summed E-state index contributed by atoms with van der Waals surface area (Å²) in [4.78, 5) is 64.5. The molecule has 2 aliphatic heterocycles. The van der Waals surface area contributed by atoms with Gasteiger partial charge in [-0.2, -0.15) is 0 Å². The van der Waals surface area contributed by atoms with Gasteiger partial charge in [-0.1, -0.05) is 0 Å². The van der Waals surface area contributed by atoms with Crippen LogP contribution in [0.25, 0.3) is 0 Å². The average Bonchev–Trinajstić information content (AvgIpc) is 2.97. The predicted molar refractivity (Wildman–Crippen MR) is 142 cm³/mol. The zero-order chi connectivity index (χ0) is 28.4. The Kier molecular flexibility index (Phi) is 11.2. The molecule has 2 fully saturated rings. The highest BCUT2D eigenvalue weighted by atomic mass is 16.5. The summed E-state index contributed by atoms with van der Waals surface area (Å²) >= 11 is 0. The second-order valence-corrected chi connectivity index (χ2v) is 10.1. The third kappa shape index (κ3) is 8.75. The zero-order valence-electron chi connectivity index (χ0n) is 22.6. The molecule has 0 aromatic heterocycles. The summed E-state index contributed by atoms with van der Waals surface area (Å²) < 4.78 is 5.35. The second-order valence-electron chi connectivity index (χ2n) is 10.1. The number of nitrogens with zero attached hydrogens (tertiary/aromatic N) is 2. The number of piperidine rings is 2. The number of hydrogen-bond donors (Lipinski definition) is 4. The van der Waals surface area contributed by atoms with Crippen molar-refractivity contribution in [3.63, 3.8) is 0 Å². The predicted octanol–water partition coefficient (Wildman–Crippen LogP) is 0.776. The lowest BCUT2D eigenvalue weighted by Gasteiger charge is -2.35. The summed E-state index contributed by atoms with van der Waals surface area (Å²) in [6, 6.07) is 4.64. The number of nitrogens with one attached hydrogen (secondary N) is 3. The highest BCUT2D eigenvalue weighted by molar-refractivity contribution is 6.05. The molecule has 39 heavy (non-hydrogen) atoms. The summed E-state index contributed by atoms with van der Waals surface area (Å²) in [6.45, 7) is 3.82. The number of likely N-dealkylation sites (N-methyl/N-ethyl adjacent to an activating group) is 1. The molecular formula is C27H39N5O7. The van der Waals surface area contributed by atoms with Gasteiger partial charge in [-0.05, 0) is 82.3 Å². The number of rotatable bonds is 11. The Morgan fingerprint density at radius 2 is 1.82 bits per heavy atom. The van der Waals surface area contributed by atoms with Crippen molar-refractivity contribution in [2.75, 3.05) is 39.8 Å². The van der Waals surface area contributed by atoms with E-state index in [0.717, 1.165) is 37.4 Å². The standard InChI is InChI=1S/C27H39N5O7/c1-18(27(37)38)30-32(25(35)20-6-8-22(9-7-20)39-17-23(33)28-2)26(36)21-4-3-15-31(16-21)24(34)10-5-19-11-13-29-14-12-19/h6-9,18-19,21,29-30H,3-5,10-17H2,1-2H3,(H,28,33)(H,37,38)/t18-,21+/m0/s1. The average molecular weight is 546 g/mol. The molecule has 2 heterocycles. The highest BCUT2D eigenvalue weighted by Gasteiger charge is 2.35. The first kappa shape index (κ1) is 30.0. The van der Waals surface area contributed by atoms with Crippen molar-refractivity contribution in [2.24, 2.45) is 11.8 Å². The number of carbonyl (C=O) groups excluding carboxylic acids is 4. The molecule has 0 radical (unpaired) electrons. The van der Waals surface area contributed by atoms with E-state index in [1.54, 1.807) is 4.90 Å². The van der Waals surface area contributed by atoms with Crippen molar-refractivity contribution in [3.8, 4) is 5.75 Å². The molecule has 214 valence electrons. The molecule has 0 bridgehead atoms. The second kappa shape index (κ2) is 14.6. The maximum Gasteiger partial charge on any atom is 0.322 e. The quantitative estimate of drug-likeness (QED) is 0.233. The Hall–Kier alpha value is -3.51. The first-order valence-electron chi connectivity index (χ1n) is 13.5. The molecule has 0 aliphatic carbocycles. The van der Waals surface area contributed by atoms with Crippen molar-refractivity contribution >= 4 is 29.6 Å². The lowest BCUT2D eigenvalue weighted by molar-refractivity contribution is -0.144. The van der Waals surface area contributed by atoms with Gasteiger partial charge in [-0.3, -0.25) is 24.0 Å². The van der Waals surface area contributed by atoms with Crippen molar-refractivity contribution in [3.05, 3.63) is 29.8 Å². The van der Waals surface area contributed by atoms with E-state index in [1.165, 1.54) is 38.2 Å². The molecule has 1 aromatic rings. The fraction of sp³-hybridized carbons (Fsp3) is 0.593. The number of amides is 4. The minimum Gasteiger partial charge on any atom is -0.484 e. The molecule has 2 saturated heterocycles. The summed E-state index contributed by atoms with van der Waals surface area (Å²) in [6.07, 6.45) is 4.46. The van der Waals surface area contributed by atoms with Crippen LogP contribution in [0.1, 0.15) is 55.8 Å². The third-order valence-electron chi connectivity index (χ3n) is 7.22. The monoisotopic (exact) mass is 545 g/mol. The Bertz CT molecular complexity index is 1030. The molecular weight excluding hydrogens is 506 g/mol.